The minimum Gasteiger partial charge on any atom is -0.467 e. The van der Waals surface area contributed by atoms with E-state index in [0.29, 0.717) is 21.9 Å². The molecule has 0 saturated carbocycles. The minimum atomic E-state index is -0.407. The van der Waals surface area contributed by atoms with Gasteiger partial charge in [-0.2, -0.15) is 0 Å². The van der Waals surface area contributed by atoms with Crippen molar-refractivity contribution < 1.29 is 18.4 Å². The van der Waals surface area contributed by atoms with Crippen LogP contribution in [-0.2, 0) is 16.1 Å². The fraction of sp³-hybridized carbons (Fsp3) is 0.0909. The first-order valence-electron chi connectivity index (χ1n) is 8.96. The van der Waals surface area contributed by atoms with Crippen molar-refractivity contribution in [3.63, 3.8) is 0 Å². The van der Waals surface area contributed by atoms with E-state index in [0.717, 1.165) is 4.90 Å². The first-order chi connectivity index (χ1) is 14.1. The van der Waals surface area contributed by atoms with E-state index in [4.69, 9.17) is 4.42 Å². The SMILES string of the molecule is O=C(CN1C(=O)C(=Cc2ccccc2F)Sc2ccccc21)NCc1ccco1. The number of halogens is 1. The summed E-state index contributed by atoms with van der Waals surface area (Å²) in [6.45, 7) is 0.0912. The Kier molecular flexibility index (Phi) is 5.48. The van der Waals surface area contributed by atoms with Gasteiger partial charge in [0.2, 0.25) is 5.91 Å². The van der Waals surface area contributed by atoms with Crippen molar-refractivity contribution in [2.45, 2.75) is 11.4 Å². The summed E-state index contributed by atoms with van der Waals surface area (Å²) in [5.41, 5.74) is 0.978. The Morgan fingerprint density at radius 2 is 1.90 bits per heavy atom. The van der Waals surface area contributed by atoms with Gasteiger partial charge in [-0.25, -0.2) is 4.39 Å². The van der Waals surface area contributed by atoms with Crippen LogP contribution in [0.15, 0.2) is 81.1 Å². The summed E-state index contributed by atoms with van der Waals surface area (Å²) in [7, 11) is 0. The van der Waals surface area contributed by atoms with Crippen molar-refractivity contribution in [3.8, 4) is 0 Å². The van der Waals surface area contributed by atoms with Gasteiger partial charge in [0.15, 0.2) is 0 Å². The summed E-state index contributed by atoms with van der Waals surface area (Å²) in [4.78, 5) is 28.1. The molecular formula is C22H17FN2O3S. The molecule has 0 atom stereocenters. The minimum absolute atomic E-state index is 0.147. The lowest BCUT2D eigenvalue weighted by Gasteiger charge is -2.29. The van der Waals surface area contributed by atoms with Gasteiger partial charge in [-0.1, -0.05) is 42.1 Å². The van der Waals surface area contributed by atoms with Crippen molar-refractivity contribution in [1.82, 2.24) is 5.32 Å². The van der Waals surface area contributed by atoms with Gasteiger partial charge < -0.3 is 9.73 Å². The predicted molar refractivity (Wildman–Crippen MR) is 110 cm³/mol. The standard InChI is InChI=1S/C22H17FN2O3S/c23-17-8-2-1-6-15(17)12-20-22(27)25(18-9-3-4-10-19(18)29-20)14-21(26)24-13-16-7-5-11-28-16/h1-12H,13-14H2,(H,24,26). The topological polar surface area (TPSA) is 62.6 Å². The number of para-hydroxylation sites is 1. The molecule has 0 bridgehead atoms. The Balaban J connectivity index is 1.59. The summed E-state index contributed by atoms with van der Waals surface area (Å²) in [6, 6.07) is 17.1. The Bertz CT molecular complexity index is 1080. The average Bonchev–Trinajstić information content (AvgIpc) is 3.25. The highest BCUT2D eigenvalue weighted by Crippen LogP contribution is 2.42. The lowest BCUT2D eigenvalue weighted by molar-refractivity contribution is -0.122. The number of hydrogen-bond acceptors (Lipinski definition) is 4. The number of carbonyl (C=O) groups is 2. The largest absolute Gasteiger partial charge is 0.467 e. The fourth-order valence-electron chi connectivity index (χ4n) is 2.95. The highest BCUT2D eigenvalue weighted by molar-refractivity contribution is 8.04. The van der Waals surface area contributed by atoms with Gasteiger partial charge >= 0.3 is 0 Å². The van der Waals surface area contributed by atoms with E-state index < -0.39 is 5.82 Å². The lowest BCUT2D eigenvalue weighted by Crippen LogP contribution is -2.42. The van der Waals surface area contributed by atoms with Crippen molar-refractivity contribution in [1.29, 1.82) is 0 Å². The van der Waals surface area contributed by atoms with Crippen LogP contribution in [0, 0.1) is 5.82 Å². The third kappa shape index (κ3) is 4.25. The van der Waals surface area contributed by atoms with E-state index >= 15 is 0 Å². The molecule has 7 heteroatoms. The van der Waals surface area contributed by atoms with Crippen LogP contribution in [0.2, 0.25) is 0 Å². The van der Waals surface area contributed by atoms with E-state index in [2.05, 4.69) is 5.32 Å². The van der Waals surface area contributed by atoms with Crippen LogP contribution in [0.25, 0.3) is 6.08 Å². The van der Waals surface area contributed by atoms with E-state index in [-0.39, 0.29) is 24.9 Å². The van der Waals surface area contributed by atoms with Crippen LogP contribution >= 0.6 is 11.8 Å². The molecule has 2 amide bonds. The van der Waals surface area contributed by atoms with Gasteiger partial charge in [0.05, 0.1) is 23.4 Å². The number of hydrogen-bond donors (Lipinski definition) is 1. The number of nitrogens with zero attached hydrogens (tertiary/aromatic N) is 1. The maximum atomic E-state index is 14.1. The predicted octanol–water partition coefficient (Wildman–Crippen LogP) is 4.21. The van der Waals surface area contributed by atoms with Crippen molar-refractivity contribution in [2.75, 3.05) is 11.4 Å². The molecule has 1 aliphatic heterocycles. The molecule has 29 heavy (non-hydrogen) atoms. The molecule has 1 aromatic heterocycles. The third-order valence-corrected chi connectivity index (χ3v) is 5.44. The molecule has 0 unspecified atom stereocenters. The van der Waals surface area contributed by atoms with E-state index in [9.17, 15) is 14.0 Å². The van der Waals surface area contributed by atoms with Crippen LogP contribution in [0.3, 0.4) is 0 Å². The molecule has 3 aromatic rings. The lowest BCUT2D eigenvalue weighted by atomic mass is 10.2. The molecule has 0 spiro atoms. The molecule has 2 aromatic carbocycles. The first-order valence-corrected chi connectivity index (χ1v) is 9.77. The zero-order valence-electron chi connectivity index (χ0n) is 15.3. The van der Waals surface area contributed by atoms with E-state index in [1.807, 2.05) is 18.2 Å². The number of fused-ring (bicyclic) bond motifs is 1. The normalized spacial score (nSPS) is 14.7. The zero-order valence-corrected chi connectivity index (χ0v) is 16.1. The number of thioether (sulfide) groups is 1. The Labute approximate surface area is 171 Å². The van der Waals surface area contributed by atoms with Crippen LogP contribution in [-0.4, -0.2) is 18.4 Å². The number of amides is 2. The quantitative estimate of drug-likeness (QED) is 0.643. The third-order valence-electron chi connectivity index (χ3n) is 4.37. The highest BCUT2D eigenvalue weighted by atomic mass is 32.2. The molecule has 2 heterocycles. The van der Waals surface area contributed by atoms with Crippen molar-refractivity contribution >= 4 is 35.3 Å². The summed E-state index contributed by atoms with van der Waals surface area (Å²) >= 11 is 1.27. The first kappa shape index (κ1) is 19.0. The van der Waals surface area contributed by atoms with Gasteiger partial charge in [0.25, 0.3) is 5.91 Å². The Hall–Kier alpha value is -3.32. The molecule has 0 saturated heterocycles. The Morgan fingerprint density at radius 3 is 2.69 bits per heavy atom. The number of benzene rings is 2. The van der Waals surface area contributed by atoms with Crippen LogP contribution in [0.5, 0.6) is 0 Å². The fourth-order valence-corrected chi connectivity index (χ4v) is 4.00. The second kappa shape index (κ2) is 8.36. The van der Waals surface area contributed by atoms with Crippen molar-refractivity contribution in [3.05, 3.63) is 89.0 Å². The van der Waals surface area contributed by atoms with Gasteiger partial charge in [-0.05, 0) is 36.4 Å². The summed E-state index contributed by atoms with van der Waals surface area (Å²) < 4.78 is 19.3. The number of carbonyl (C=O) groups excluding carboxylic acids is 2. The number of rotatable bonds is 5. The van der Waals surface area contributed by atoms with Crippen LogP contribution in [0.1, 0.15) is 11.3 Å². The second-order valence-electron chi connectivity index (χ2n) is 6.35. The molecule has 1 N–H and O–H groups in total. The highest BCUT2D eigenvalue weighted by Gasteiger charge is 2.30. The molecule has 0 radical (unpaired) electrons. The van der Waals surface area contributed by atoms with E-state index in [1.165, 1.54) is 35.1 Å². The molecular weight excluding hydrogens is 391 g/mol. The van der Waals surface area contributed by atoms with Crippen molar-refractivity contribution in [2.24, 2.45) is 0 Å². The smallest absolute Gasteiger partial charge is 0.265 e. The van der Waals surface area contributed by atoms with Gasteiger partial charge in [0.1, 0.15) is 18.1 Å². The number of nitrogens with one attached hydrogen (secondary N) is 1. The summed E-state index contributed by atoms with van der Waals surface area (Å²) in [5.74, 6) is -0.443. The van der Waals surface area contributed by atoms with Gasteiger partial charge in [-0.3, -0.25) is 14.5 Å². The average molecular weight is 408 g/mol. The van der Waals surface area contributed by atoms with E-state index in [1.54, 1.807) is 36.4 Å². The maximum absolute atomic E-state index is 14.1. The monoisotopic (exact) mass is 408 g/mol. The molecule has 0 fully saturated rings. The Morgan fingerprint density at radius 1 is 1.10 bits per heavy atom. The molecule has 146 valence electrons. The second-order valence-corrected chi connectivity index (χ2v) is 7.43. The maximum Gasteiger partial charge on any atom is 0.265 e. The summed E-state index contributed by atoms with van der Waals surface area (Å²) in [6.07, 6.45) is 3.05. The zero-order chi connectivity index (χ0) is 20.2. The van der Waals surface area contributed by atoms with Gasteiger partial charge in [-0.15, -0.1) is 0 Å². The van der Waals surface area contributed by atoms with Crippen LogP contribution < -0.4 is 10.2 Å². The molecule has 0 aliphatic carbocycles. The van der Waals surface area contributed by atoms with Crippen LogP contribution in [0.4, 0.5) is 10.1 Å². The van der Waals surface area contributed by atoms with Gasteiger partial charge in [0, 0.05) is 10.5 Å². The molecule has 1 aliphatic rings. The molecule has 4 rings (SSSR count). The summed E-state index contributed by atoms with van der Waals surface area (Å²) in [5, 5.41) is 2.74. The number of furan rings is 1. The number of anilines is 1. The molecule has 5 nitrogen and oxygen atoms in total.